The van der Waals surface area contributed by atoms with Crippen molar-refractivity contribution in [2.45, 2.75) is 32.2 Å². The van der Waals surface area contributed by atoms with Crippen molar-refractivity contribution in [3.63, 3.8) is 0 Å². The number of sulfonamides is 1. The summed E-state index contributed by atoms with van der Waals surface area (Å²) in [5.41, 5.74) is 0. The highest BCUT2D eigenvalue weighted by Crippen LogP contribution is 2.18. The molecule has 90 valence electrons. The predicted octanol–water partition coefficient (Wildman–Crippen LogP) is 0.752. The van der Waals surface area contributed by atoms with E-state index in [-0.39, 0.29) is 0 Å². The summed E-state index contributed by atoms with van der Waals surface area (Å²) in [7, 11) is -0.890. The van der Waals surface area contributed by atoms with Gasteiger partial charge in [-0.05, 0) is 32.9 Å². The monoisotopic (exact) mass is 234 g/mol. The zero-order chi connectivity index (χ0) is 11.5. The quantitative estimate of drug-likeness (QED) is 0.705. The van der Waals surface area contributed by atoms with Gasteiger partial charge < -0.3 is 4.90 Å². The summed E-state index contributed by atoms with van der Waals surface area (Å²) in [4.78, 5) is 2.33. The zero-order valence-electron chi connectivity index (χ0n) is 9.94. The first-order valence-corrected chi connectivity index (χ1v) is 7.45. The zero-order valence-corrected chi connectivity index (χ0v) is 10.8. The average Bonchev–Trinajstić information content (AvgIpc) is 2.50. The van der Waals surface area contributed by atoms with Crippen molar-refractivity contribution in [1.82, 2.24) is 9.21 Å². The van der Waals surface area contributed by atoms with Crippen LogP contribution in [-0.2, 0) is 10.0 Å². The van der Waals surface area contributed by atoms with E-state index in [0.717, 1.165) is 13.0 Å². The van der Waals surface area contributed by atoms with Gasteiger partial charge in [0.25, 0.3) is 0 Å². The van der Waals surface area contributed by atoms with E-state index >= 15 is 0 Å². The highest BCUT2D eigenvalue weighted by molar-refractivity contribution is 7.88. The SMILES string of the molecule is CCN(CC[C@@H]1CCCN1C)S(C)(=O)=O. The number of hydrogen-bond donors (Lipinski definition) is 0. The van der Waals surface area contributed by atoms with Crippen molar-refractivity contribution >= 4 is 10.0 Å². The van der Waals surface area contributed by atoms with Crippen LogP contribution in [0.25, 0.3) is 0 Å². The summed E-state index contributed by atoms with van der Waals surface area (Å²) in [6.07, 6.45) is 4.69. The number of nitrogens with zero attached hydrogens (tertiary/aromatic N) is 2. The summed E-state index contributed by atoms with van der Waals surface area (Å²) in [5, 5.41) is 0. The summed E-state index contributed by atoms with van der Waals surface area (Å²) in [6, 6.07) is 0.570. The van der Waals surface area contributed by atoms with Crippen LogP contribution in [0.5, 0.6) is 0 Å². The number of rotatable bonds is 5. The molecule has 0 aromatic carbocycles. The molecule has 1 aliphatic heterocycles. The minimum absolute atomic E-state index is 0.570. The van der Waals surface area contributed by atoms with Crippen molar-refractivity contribution in [3.05, 3.63) is 0 Å². The van der Waals surface area contributed by atoms with Crippen molar-refractivity contribution in [2.24, 2.45) is 0 Å². The van der Waals surface area contributed by atoms with E-state index in [4.69, 9.17) is 0 Å². The maximum Gasteiger partial charge on any atom is 0.211 e. The topological polar surface area (TPSA) is 40.6 Å². The molecule has 0 aliphatic carbocycles. The Balaban J connectivity index is 2.41. The molecule has 1 saturated heterocycles. The van der Waals surface area contributed by atoms with Gasteiger partial charge in [0, 0.05) is 19.1 Å². The van der Waals surface area contributed by atoms with Gasteiger partial charge in [-0.15, -0.1) is 0 Å². The van der Waals surface area contributed by atoms with Crippen molar-refractivity contribution < 1.29 is 8.42 Å². The lowest BCUT2D eigenvalue weighted by Gasteiger charge is -2.23. The first-order valence-electron chi connectivity index (χ1n) is 5.60. The fraction of sp³-hybridized carbons (Fsp3) is 1.00. The van der Waals surface area contributed by atoms with Crippen molar-refractivity contribution in [3.8, 4) is 0 Å². The van der Waals surface area contributed by atoms with Crippen LogP contribution in [0.15, 0.2) is 0 Å². The second-order valence-corrected chi connectivity index (χ2v) is 6.30. The van der Waals surface area contributed by atoms with Gasteiger partial charge in [-0.25, -0.2) is 12.7 Å². The van der Waals surface area contributed by atoms with Crippen molar-refractivity contribution in [1.29, 1.82) is 0 Å². The third-order valence-electron chi connectivity index (χ3n) is 3.20. The Morgan fingerprint density at radius 1 is 1.47 bits per heavy atom. The smallest absolute Gasteiger partial charge is 0.211 e. The Morgan fingerprint density at radius 3 is 2.53 bits per heavy atom. The maximum atomic E-state index is 11.4. The van der Waals surface area contributed by atoms with Gasteiger partial charge in [0.2, 0.25) is 10.0 Å². The molecule has 0 aromatic heterocycles. The summed E-state index contributed by atoms with van der Waals surface area (Å²) < 4.78 is 24.3. The molecule has 0 bridgehead atoms. The van der Waals surface area contributed by atoms with E-state index in [1.807, 2.05) is 6.92 Å². The lowest BCUT2D eigenvalue weighted by Crippen LogP contribution is -2.35. The number of likely N-dealkylation sites (tertiary alicyclic amines) is 1. The fourth-order valence-corrected chi connectivity index (χ4v) is 3.10. The second kappa shape index (κ2) is 5.27. The Kier molecular flexibility index (Phi) is 4.55. The van der Waals surface area contributed by atoms with Gasteiger partial charge in [-0.1, -0.05) is 6.92 Å². The van der Waals surface area contributed by atoms with Crippen LogP contribution in [-0.4, -0.2) is 56.6 Å². The third kappa shape index (κ3) is 3.74. The molecular formula is C10H22N2O2S. The minimum atomic E-state index is -3.01. The highest BCUT2D eigenvalue weighted by Gasteiger charge is 2.23. The average molecular weight is 234 g/mol. The van der Waals surface area contributed by atoms with Gasteiger partial charge in [0.1, 0.15) is 0 Å². The standard InChI is InChI=1S/C10H22N2O2S/c1-4-12(15(3,13)14)9-7-10-6-5-8-11(10)2/h10H,4-9H2,1-3H3/t10-/m0/s1. The first kappa shape index (κ1) is 12.9. The number of hydrogen-bond acceptors (Lipinski definition) is 3. The Morgan fingerprint density at radius 2 is 2.13 bits per heavy atom. The van der Waals surface area contributed by atoms with Gasteiger partial charge in [0.05, 0.1) is 6.26 Å². The van der Waals surface area contributed by atoms with Crippen LogP contribution in [0.2, 0.25) is 0 Å². The summed E-state index contributed by atoms with van der Waals surface area (Å²) in [6.45, 7) is 4.27. The molecule has 5 heteroatoms. The molecule has 4 nitrogen and oxygen atoms in total. The van der Waals surface area contributed by atoms with Gasteiger partial charge in [-0.3, -0.25) is 0 Å². The molecule has 0 aromatic rings. The van der Waals surface area contributed by atoms with Crippen LogP contribution in [0.3, 0.4) is 0 Å². The van der Waals surface area contributed by atoms with E-state index in [0.29, 0.717) is 19.1 Å². The Bertz CT molecular complexity index is 290. The van der Waals surface area contributed by atoms with E-state index < -0.39 is 10.0 Å². The normalized spacial score (nSPS) is 23.9. The third-order valence-corrected chi connectivity index (χ3v) is 4.58. The minimum Gasteiger partial charge on any atom is -0.303 e. The van der Waals surface area contributed by atoms with Gasteiger partial charge in [0.15, 0.2) is 0 Å². The lowest BCUT2D eigenvalue weighted by molar-refractivity contribution is 0.276. The van der Waals surface area contributed by atoms with E-state index in [1.54, 1.807) is 4.31 Å². The molecule has 1 atom stereocenters. The van der Waals surface area contributed by atoms with Crippen LogP contribution >= 0.6 is 0 Å². The van der Waals surface area contributed by atoms with Crippen LogP contribution in [0.1, 0.15) is 26.2 Å². The molecule has 1 aliphatic rings. The molecule has 0 radical (unpaired) electrons. The molecule has 0 N–H and O–H groups in total. The largest absolute Gasteiger partial charge is 0.303 e. The molecule has 0 saturated carbocycles. The van der Waals surface area contributed by atoms with Crippen LogP contribution in [0.4, 0.5) is 0 Å². The second-order valence-electron chi connectivity index (χ2n) is 4.32. The van der Waals surface area contributed by atoms with E-state index in [9.17, 15) is 8.42 Å². The van der Waals surface area contributed by atoms with E-state index in [2.05, 4.69) is 11.9 Å². The Labute approximate surface area is 93.3 Å². The molecule has 15 heavy (non-hydrogen) atoms. The maximum absolute atomic E-state index is 11.4. The van der Waals surface area contributed by atoms with Gasteiger partial charge >= 0.3 is 0 Å². The highest BCUT2D eigenvalue weighted by atomic mass is 32.2. The van der Waals surface area contributed by atoms with Crippen molar-refractivity contribution in [2.75, 3.05) is 32.9 Å². The molecule has 1 rings (SSSR count). The van der Waals surface area contributed by atoms with Crippen LogP contribution in [0, 0.1) is 0 Å². The van der Waals surface area contributed by atoms with Crippen LogP contribution < -0.4 is 0 Å². The predicted molar refractivity (Wildman–Crippen MR) is 62.4 cm³/mol. The van der Waals surface area contributed by atoms with E-state index in [1.165, 1.54) is 19.1 Å². The molecule has 0 amide bonds. The molecule has 1 heterocycles. The van der Waals surface area contributed by atoms with Gasteiger partial charge in [-0.2, -0.15) is 0 Å². The summed E-state index contributed by atoms with van der Waals surface area (Å²) >= 11 is 0. The molecular weight excluding hydrogens is 212 g/mol. The molecule has 1 fully saturated rings. The first-order chi connectivity index (χ1) is 6.95. The molecule has 0 unspecified atom stereocenters. The Hall–Kier alpha value is -0.130. The summed E-state index contributed by atoms with van der Waals surface area (Å²) in [5.74, 6) is 0. The molecule has 0 spiro atoms. The lowest BCUT2D eigenvalue weighted by atomic mass is 10.1. The fourth-order valence-electron chi connectivity index (χ4n) is 2.20.